The Morgan fingerprint density at radius 1 is 1.04 bits per heavy atom. The minimum absolute atomic E-state index is 0.0306. The molecule has 0 bridgehead atoms. The Hall–Kier alpha value is -2.37. The molecule has 1 heterocycles. The van der Waals surface area contributed by atoms with Crippen molar-refractivity contribution in [3.8, 4) is 0 Å². The van der Waals surface area contributed by atoms with Gasteiger partial charge in [0.25, 0.3) is 0 Å². The quantitative estimate of drug-likeness (QED) is 0.910. The van der Waals surface area contributed by atoms with Gasteiger partial charge in [-0.1, -0.05) is 42.5 Å². The van der Waals surface area contributed by atoms with Crippen LogP contribution >= 0.6 is 0 Å². The molecule has 3 rings (SSSR count). The van der Waals surface area contributed by atoms with Crippen LogP contribution in [0.1, 0.15) is 11.6 Å². The molecule has 2 aromatic carbocycles. The highest BCUT2D eigenvalue weighted by molar-refractivity contribution is 5.98. The molecule has 0 radical (unpaired) electrons. The summed E-state index contributed by atoms with van der Waals surface area (Å²) in [5.74, 6) is -0.0306. The van der Waals surface area contributed by atoms with Crippen molar-refractivity contribution in [2.75, 3.05) is 50.6 Å². The number of morpholine rings is 1. The van der Waals surface area contributed by atoms with Gasteiger partial charge in [-0.15, -0.1) is 0 Å². The monoisotopic (exact) mass is 339 g/mol. The smallest absolute Gasteiger partial charge is 0.246 e. The van der Waals surface area contributed by atoms with Gasteiger partial charge in [0.05, 0.1) is 24.6 Å². The van der Waals surface area contributed by atoms with Crippen molar-refractivity contribution in [2.45, 2.75) is 6.04 Å². The number of hydrogen-bond donors (Lipinski definition) is 1. The van der Waals surface area contributed by atoms with Crippen molar-refractivity contribution in [2.24, 2.45) is 0 Å². The van der Waals surface area contributed by atoms with Crippen LogP contribution in [0.5, 0.6) is 0 Å². The normalized spacial score (nSPS) is 15.9. The first-order valence-corrected chi connectivity index (χ1v) is 8.61. The number of nitrogens with zero attached hydrogens (tertiary/aromatic N) is 2. The minimum atomic E-state index is -0.334. The fourth-order valence-electron chi connectivity index (χ4n) is 3.18. The third-order valence-electron chi connectivity index (χ3n) is 4.39. The van der Waals surface area contributed by atoms with E-state index >= 15 is 0 Å². The lowest BCUT2D eigenvalue weighted by atomic mass is 10.1. The molecule has 1 amide bonds. The summed E-state index contributed by atoms with van der Waals surface area (Å²) in [4.78, 5) is 17.2. The molecule has 1 atom stereocenters. The number of amides is 1. The lowest BCUT2D eigenvalue weighted by Crippen LogP contribution is -2.37. The Bertz CT molecular complexity index is 697. The van der Waals surface area contributed by atoms with Crippen molar-refractivity contribution in [1.29, 1.82) is 0 Å². The van der Waals surface area contributed by atoms with Crippen LogP contribution < -0.4 is 10.2 Å². The second-order valence-corrected chi connectivity index (χ2v) is 6.38. The molecular weight excluding hydrogens is 314 g/mol. The Balaban J connectivity index is 1.82. The number of carbonyl (C=O) groups is 1. The lowest BCUT2D eigenvalue weighted by molar-refractivity contribution is -0.120. The highest BCUT2D eigenvalue weighted by Crippen LogP contribution is 2.28. The number of rotatable bonds is 5. The number of likely N-dealkylation sites (N-methyl/N-ethyl adjacent to an activating group) is 1. The first-order chi connectivity index (χ1) is 12.2. The van der Waals surface area contributed by atoms with Crippen LogP contribution in [0.4, 0.5) is 11.4 Å². The van der Waals surface area contributed by atoms with E-state index in [1.807, 2.05) is 73.6 Å². The van der Waals surface area contributed by atoms with Crippen molar-refractivity contribution < 1.29 is 9.53 Å². The molecule has 1 unspecified atom stereocenters. The second kappa shape index (κ2) is 8.14. The minimum Gasteiger partial charge on any atom is -0.378 e. The van der Waals surface area contributed by atoms with E-state index in [1.165, 1.54) is 0 Å². The number of anilines is 2. The van der Waals surface area contributed by atoms with Gasteiger partial charge < -0.3 is 15.0 Å². The van der Waals surface area contributed by atoms with Crippen LogP contribution in [0, 0.1) is 0 Å². The number of nitrogens with one attached hydrogen (secondary N) is 1. The molecule has 1 fully saturated rings. The van der Waals surface area contributed by atoms with Crippen LogP contribution in [0.3, 0.4) is 0 Å². The second-order valence-electron chi connectivity index (χ2n) is 6.38. The fraction of sp³-hybridized carbons (Fsp3) is 0.350. The zero-order valence-electron chi connectivity index (χ0n) is 14.8. The summed E-state index contributed by atoms with van der Waals surface area (Å²) in [5.41, 5.74) is 2.87. The molecule has 1 aliphatic heterocycles. The average molecular weight is 339 g/mol. The molecular formula is C20H25N3O2. The van der Waals surface area contributed by atoms with Gasteiger partial charge in [-0.05, 0) is 31.8 Å². The first-order valence-electron chi connectivity index (χ1n) is 8.61. The zero-order valence-corrected chi connectivity index (χ0v) is 14.8. The number of benzene rings is 2. The molecule has 1 aliphatic rings. The molecule has 5 nitrogen and oxygen atoms in total. The highest BCUT2D eigenvalue weighted by atomic mass is 16.5. The van der Waals surface area contributed by atoms with E-state index in [-0.39, 0.29) is 11.9 Å². The number of hydrogen-bond acceptors (Lipinski definition) is 4. The highest BCUT2D eigenvalue weighted by Gasteiger charge is 2.24. The topological polar surface area (TPSA) is 44.8 Å². The molecule has 0 aliphatic carbocycles. The summed E-state index contributed by atoms with van der Waals surface area (Å²) in [6.45, 7) is 3.10. The van der Waals surface area contributed by atoms with Crippen LogP contribution in [0.2, 0.25) is 0 Å². The predicted octanol–water partition coefficient (Wildman–Crippen LogP) is 2.76. The molecule has 0 aromatic heterocycles. The molecule has 0 spiro atoms. The number of para-hydroxylation sites is 2. The predicted molar refractivity (Wildman–Crippen MR) is 101 cm³/mol. The van der Waals surface area contributed by atoms with Gasteiger partial charge in [-0.25, -0.2) is 0 Å². The maximum absolute atomic E-state index is 13.0. The summed E-state index contributed by atoms with van der Waals surface area (Å²) in [5, 5.41) is 3.12. The Labute approximate surface area is 149 Å². The van der Waals surface area contributed by atoms with Crippen LogP contribution in [-0.2, 0) is 9.53 Å². The third kappa shape index (κ3) is 4.18. The molecule has 0 saturated carbocycles. The Morgan fingerprint density at radius 2 is 1.68 bits per heavy atom. The van der Waals surface area contributed by atoms with Gasteiger partial charge >= 0.3 is 0 Å². The fourth-order valence-corrected chi connectivity index (χ4v) is 3.18. The molecule has 25 heavy (non-hydrogen) atoms. The van der Waals surface area contributed by atoms with E-state index in [0.29, 0.717) is 13.2 Å². The van der Waals surface area contributed by atoms with E-state index in [0.717, 1.165) is 30.0 Å². The summed E-state index contributed by atoms with van der Waals surface area (Å²) in [6.07, 6.45) is 0. The SMILES string of the molecule is CN(C)C(C(=O)Nc1ccccc1N1CCOCC1)c1ccccc1. The number of ether oxygens (including phenoxy) is 1. The zero-order chi connectivity index (χ0) is 17.6. The van der Waals surface area contributed by atoms with Crippen LogP contribution in [0.25, 0.3) is 0 Å². The van der Waals surface area contributed by atoms with Crippen molar-refractivity contribution in [1.82, 2.24) is 4.90 Å². The summed E-state index contributed by atoms with van der Waals surface area (Å²) in [7, 11) is 3.84. The largest absolute Gasteiger partial charge is 0.378 e. The van der Waals surface area contributed by atoms with Gasteiger partial charge in [0.1, 0.15) is 6.04 Å². The Morgan fingerprint density at radius 3 is 2.36 bits per heavy atom. The van der Waals surface area contributed by atoms with E-state index in [2.05, 4.69) is 10.2 Å². The van der Waals surface area contributed by atoms with Gasteiger partial charge in [-0.3, -0.25) is 9.69 Å². The molecule has 5 heteroatoms. The van der Waals surface area contributed by atoms with Gasteiger partial charge in [0, 0.05) is 13.1 Å². The van der Waals surface area contributed by atoms with Gasteiger partial charge in [0.15, 0.2) is 0 Å². The van der Waals surface area contributed by atoms with E-state index in [9.17, 15) is 4.79 Å². The molecule has 1 saturated heterocycles. The maximum atomic E-state index is 13.0. The lowest BCUT2D eigenvalue weighted by Gasteiger charge is -2.31. The summed E-state index contributed by atoms with van der Waals surface area (Å²) < 4.78 is 5.43. The van der Waals surface area contributed by atoms with Gasteiger partial charge in [-0.2, -0.15) is 0 Å². The molecule has 132 valence electrons. The summed E-state index contributed by atoms with van der Waals surface area (Å²) >= 11 is 0. The van der Waals surface area contributed by atoms with Crippen molar-refractivity contribution in [3.63, 3.8) is 0 Å². The van der Waals surface area contributed by atoms with Crippen molar-refractivity contribution >= 4 is 17.3 Å². The van der Waals surface area contributed by atoms with E-state index in [1.54, 1.807) is 0 Å². The van der Waals surface area contributed by atoms with Crippen LogP contribution in [0.15, 0.2) is 54.6 Å². The van der Waals surface area contributed by atoms with E-state index in [4.69, 9.17) is 4.74 Å². The number of carbonyl (C=O) groups excluding carboxylic acids is 1. The van der Waals surface area contributed by atoms with Gasteiger partial charge in [0.2, 0.25) is 5.91 Å². The van der Waals surface area contributed by atoms with Crippen LogP contribution in [-0.4, -0.2) is 51.2 Å². The Kier molecular flexibility index (Phi) is 5.68. The first kappa shape index (κ1) is 17.5. The van der Waals surface area contributed by atoms with Crippen molar-refractivity contribution in [3.05, 3.63) is 60.2 Å². The summed E-state index contributed by atoms with van der Waals surface area (Å²) in [6, 6.07) is 17.5. The van der Waals surface area contributed by atoms with E-state index < -0.39 is 0 Å². The standard InChI is InChI=1S/C20H25N3O2/c1-22(2)19(16-8-4-3-5-9-16)20(24)21-17-10-6-7-11-18(17)23-12-14-25-15-13-23/h3-11,19H,12-15H2,1-2H3,(H,21,24). The molecule has 1 N–H and O–H groups in total. The maximum Gasteiger partial charge on any atom is 0.246 e. The molecule has 2 aromatic rings. The average Bonchev–Trinajstić information content (AvgIpc) is 2.63. The third-order valence-corrected chi connectivity index (χ3v) is 4.39.